The van der Waals surface area contributed by atoms with Crippen molar-refractivity contribution < 1.29 is 33.6 Å². The number of carbonyl (C=O) groups excluding carboxylic acids is 2. The van der Waals surface area contributed by atoms with E-state index in [1.165, 1.54) is 0 Å². The number of benzene rings is 2. The van der Waals surface area contributed by atoms with Crippen LogP contribution in [-0.2, 0) is 20.8 Å². The van der Waals surface area contributed by atoms with E-state index in [1.807, 2.05) is 24.3 Å². The number of ether oxygens (including phenoxy) is 4. The van der Waals surface area contributed by atoms with Gasteiger partial charge < -0.3 is 39.6 Å². The molecule has 0 aromatic heterocycles. The highest BCUT2D eigenvalue weighted by molar-refractivity contribution is 5.89. The molecule has 0 spiro atoms. The second kappa shape index (κ2) is 12.8. The van der Waals surface area contributed by atoms with Crippen LogP contribution in [0.1, 0.15) is 24.8 Å². The number of urea groups is 1. The van der Waals surface area contributed by atoms with Crippen LogP contribution >= 0.6 is 0 Å². The molecule has 37 heavy (non-hydrogen) atoms. The Kier molecular flexibility index (Phi) is 9.21. The average molecular weight is 514 g/mol. The van der Waals surface area contributed by atoms with Gasteiger partial charge in [0.15, 0.2) is 0 Å². The zero-order valence-electron chi connectivity index (χ0n) is 21.2. The van der Waals surface area contributed by atoms with Crippen molar-refractivity contribution in [3.05, 3.63) is 54.1 Å². The lowest BCUT2D eigenvalue weighted by molar-refractivity contribution is -0.149. The van der Waals surface area contributed by atoms with Crippen LogP contribution in [0.2, 0.25) is 0 Å². The molecule has 2 aromatic carbocycles. The van der Waals surface area contributed by atoms with Gasteiger partial charge in [-0.15, -0.1) is 0 Å². The number of methoxy groups -OCH3 is 2. The molecule has 0 radical (unpaired) electrons. The molecule has 4 rings (SSSR count). The molecule has 2 aliphatic heterocycles. The van der Waals surface area contributed by atoms with E-state index in [4.69, 9.17) is 18.9 Å². The molecule has 0 aliphatic carbocycles. The molecule has 2 fully saturated rings. The van der Waals surface area contributed by atoms with Crippen LogP contribution in [-0.4, -0.2) is 80.3 Å². The first kappa shape index (κ1) is 26.7. The Hall–Kier alpha value is -3.34. The first-order valence-corrected chi connectivity index (χ1v) is 12.5. The minimum absolute atomic E-state index is 0.100. The average Bonchev–Trinajstić information content (AvgIpc) is 2.90. The van der Waals surface area contributed by atoms with Gasteiger partial charge in [-0.3, -0.25) is 4.79 Å². The van der Waals surface area contributed by atoms with Gasteiger partial charge in [-0.25, -0.2) is 4.79 Å². The number of aliphatic hydroxyl groups is 1. The summed E-state index contributed by atoms with van der Waals surface area (Å²) in [7, 11) is 3.18. The molecule has 2 aliphatic rings. The second-order valence-corrected chi connectivity index (χ2v) is 9.24. The van der Waals surface area contributed by atoms with Gasteiger partial charge in [-0.2, -0.15) is 0 Å². The number of hydrogen-bond acceptors (Lipinski definition) is 7. The third kappa shape index (κ3) is 7.12. The van der Waals surface area contributed by atoms with Crippen molar-refractivity contribution in [2.75, 3.05) is 39.3 Å². The van der Waals surface area contributed by atoms with E-state index in [1.54, 1.807) is 43.4 Å². The molecular formula is C27H35N3O7. The maximum Gasteiger partial charge on any atom is 0.322 e. The normalized spacial score (nSPS) is 23.7. The quantitative estimate of drug-likeness (QED) is 0.521. The van der Waals surface area contributed by atoms with Gasteiger partial charge in [0.2, 0.25) is 5.91 Å². The molecule has 10 nitrogen and oxygen atoms in total. The van der Waals surface area contributed by atoms with E-state index in [-0.39, 0.29) is 50.3 Å². The highest BCUT2D eigenvalue weighted by atomic mass is 16.5. The van der Waals surface area contributed by atoms with E-state index in [0.717, 1.165) is 11.3 Å². The number of β-amino-alcohol motifs (C(OH)–C–C–N with tert-alkyl or cyclic N) is 1. The maximum atomic E-state index is 13.2. The number of aliphatic hydroxyl groups excluding tert-OH is 1. The second-order valence-electron chi connectivity index (χ2n) is 9.24. The zero-order valence-corrected chi connectivity index (χ0v) is 21.2. The summed E-state index contributed by atoms with van der Waals surface area (Å²) in [5.41, 5.74) is 1.52. The number of nitrogens with zero attached hydrogens (tertiary/aromatic N) is 1. The van der Waals surface area contributed by atoms with Crippen molar-refractivity contribution >= 4 is 17.6 Å². The highest BCUT2D eigenvalue weighted by Crippen LogP contribution is 2.28. The first-order valence-electron chi connectivity index (χ1n) is 12.5. The Morgan fingerprint density at radius 2 is 1.84 bits per heavy atom. The number of fused-ring (bicyclic) bond motifs is 1. The Bertz CT molecular complexity index is 1050. The number of amides is 3. The summed E-state index contributed by atoms with van der Waals surface area (Å²) in [6.07, 6.45) is -0.0688. The minimum Gasteiger partial charge on any atom is -0.497 e. The summed E-state index contributed by atoms with van der Waals surface area (Å²) >= 11 is 0. The number of carbonyl (C=O) groups is 2. The lowest BCUT2D eigenvalue weighted by Crippen LogP contribution is -2.58. The molecule has 3 N–H and O–H groups in total. The Morgan fingerprint density at radius 3 is 2.59 bits per heavy atom. The maximum absolute atomic E-state index is 13.2. The van der Waals surface area contributed by atoms with E-state index < -0.39 is 12.2 Å². The molecule has 2 heterocycles. The molecule has 10 heteroatoms. The van der Waals surface area contributed by atoms with Crippen molar-refractivity contribution in [2.24, 2.45) is 0 Å². The Balaban J connectivity index is 1.35. The number of para-hydroxylation sites is 1. The van der Waals surface area contributed by atoms with Crippen LogP contribution in [0.5, 0.6) is 11.5 Å². The summed E-state index contributed by atoms with van der Waals surface area (Å²) in [6, 6.07) is 14.0. The molecule has 2 aromatic rings. The SMILES string of the molecule is COc1ccc(NC(=O)N2C[C@@H](O)COC[C@H]3O[C@H](CC(=O)NCc4ccccc4OC)CC[C@@H]32)cc1. The molecule has 3 amide bonds. The topological polar surface area (TPSA) is 119 Å². The number of anilines is 1. The van der Waals surface area contributed by atoms with Crippen LogP contribution in [0, 0.1) is 0 Å². The van der Waals surface area contributed by atoms with Crippen LogP contribution in [0.15, 0.2) is 48.5 Å². The van der Waals surface area contributed by atoms with E-state index in [0.29, 0.717) is 30.8 Å². The monoisotopic (exact) mass is 513 g/mol. The first-order chi connectivity index (χ1) is 18.0. The van der Waals surface area contributed by atoms with Crippen molar-refractivity contribution in [1.82, 2.24) is 10.2 Å². The number of nitrogens with one attached hydrogen (secondary N) is 2. The Labute approximate surface area is 216 Å². The van der Waals surface area contributed by atoms with Gasteiger partial charge in [0.25, 0.3) is 0 Å². The van der Waals surface area contributed by atoms with Gasteiger partial charge in [-0.1, -0.05) is 18.2 Å². The zero-order chi connectivity index (χ0) is 26.2. The van der Waals surface area contributed by atoms with Crippen molar-refractivity contribution in [1.29, 1.82) is 0 Å². The lowest BCUT2D eigenvalue weighted by Gasteiger charge is -2.44. The molecule has 0 unspecified atom stereocenters. The molecular weight excluding hydrogens is 478 g/mol. The smallest absolute Gasteiger partial charge is 0.322 e. The number of rotatable bonds is 7. The predicted molar refractivity (Wildman–Crippen MR) is 137 cm³/mol. The summed E-state index contributed by atoms with van der Waals surface area (Å²) in [5.74, 6) is 1.29. The van der Waals surface area contributed by atoms with Crippen LogP contribution in [0.3, 0.4) is 0 Å². The molecule has 2 saturated heterocycles. The summed E-state index contributed by atoms with van der Waals surface area (Å²) in [5, 5.41) is 16.2. The van der Waals surface area contributed by atoms with E-state index in [9.17, 15) is 14.7 Å². The fraction of sp³-hybridized carbons (Fsp3) is 0.481. The third-order valence-electron chi connectivity index (χ3n) is 6.66. The third-order valence-corrected chi connectivity index (χ3v) is 6.66. The van der Waals surface area contributed by atoms with Crippen LogP contribution in [0.25, 0.3) is 0 Å². The lowest BCUT2D eigenvalue weighted by atomic mass is 9.95. The molecule has 200 valence electrons. The fourth-order valence-corrected chi connectivity index (χ4v) is 4.77. The van der Waals surface area contributed by atoms with Crippen molar-refractivity contribution in [2.45, 2.75) is 50.2 Å². The van der Waals surface area contributed by atoms with Gasteiger partial charge >= 0.3 is 6.03 Å². The highest BCUT2D eigenvalue weighted by Gasteiger charge is 2.40. The summed E-state index contributed by atoms with van der Waals surface area (Å²) < 4.78 is 22.4. The predicted octanol–water partition coefficient (Wildman–Crippen LogP) is 2.55. The van der Waals surface area contributed by atoms with E-state index >= 15 is 0 Å². The standard InChI is InChI=1S/C27H35N3O7/c1-34-21-9-7-19(8-10-21)29-27(33)30-15-20(31)16-36-17-25-23(30)12-11-22(37-25)13-26(32)28-14-18-5-3-4-6-24(18)35-2/h3-10,20,22-23,25,31H,11-17H2,1-2H3,(H,28,32)(H,29,33)/t20-,22+,23+,25-/m1/s1. The van der Waals surface area contributed by atoms with Crippen molar-refractivity contribution in [3.63, 3.8) is 0 Å². The Morgan fingerprint density at radius 1 is 1.05 bits per heavy atom. The van der Waals surface area contributed by atoms with Crippen LogP contribution in [0.4, 0.5) is 10.5 Å². The molecule has 0 saturated carbocycles. The van der Waals surface area contributed by atoms with Gasteiger partial charge in [0, 0.05) is 17.8 Å². The van der Waals surface area contributed by atoms with E-state index in [2.05, 4.69) is 10.6 Å². The largest absolute Gasteiger partial charge is 0.497 e. The number of hydrogen-bond donors (Lipinski definition) is 3. The summed E-state index contributed by atoms with van der Waals surface area (Å²) in [4.78, 5) is 27.5. The van der Waals surface area contributed by atoms with Crippen LogP contribution < -0.4 is 20.1 Å². The molecule has 0 bridgehead atoms. The van der Waals surface area contributed by atoms with Gasteiger partial charge in [-0.05, 0) is 43.2 Å². The van der Waals surface area contributed by atoms with Crippen molar-refractivity contribution in [3.8, 4) is 11.5 Å². The summed E-state index contributed by atoms with van der Waals surface area (Å²) in [6.45, 7) is 0.814. The molecule has 4 atom stereocenters. The van der Waals surface area contributed by atoms with Gasteiger partial charge in [0.1, 0.15) is 17.6 Å². The van der Waals surface area contributed by atoms with Gasteiger partial charge in [0.05, 0.1) is 58.6 Å². The fourth-order valence-electron chi connectivity index (χ4n) is 4.77. The minimum atomic E-state index is -0.805.